The smallest absolute Gasteiger partial charge is 0.410 e. The fourth-order valence-electron chi connectivity index (χ4n) is 2.31. The van der Waals surface area contributed by atoms with E-state index in [-0.39, 0.29) is 23.8 Å². The van der Waals surface area contributed by atoms with Gasteiger partial charge in [-0.1, -0.05) is 0 Å². The average molecular weight is 242 g/mol. The molecule has 98 valence electrons. The van der Waals surface area contributed by atoms with Gasteiger partial charge in [0.25, 0.3) is 0 Å². The van der Waals surface area contributed by atoms with Crippen LogP contribution in [0.15, 0.2) is 0 Å². The van der Waals surface area contributed by atoms with Crippen molar-refractivity contribution >= 4 is 6.09 Å². The predicted octanol–water partition coefficient (Wildman–Crippen LogP) is 0.984. The Kier molecular flexibility index (Phi) is 3.58. The number of ether oxygens (including phenoxy) is 2. The molecule has 0 bridgehead atoms. The Hall–Kier alpha value is -0.810. The van der Waals surface area contributed by atoms with E-state index in [1.54, 1.807) is 0 Å². The normalized spacial score (nSPS) is 25.5. The summed E-state index contributed by atoms with van der Waals surface area (Å²) in [6.07, 6.45) is 0.731. The van der Waals surface area contributed by atoms with Crippen LogP contribution >= 0.6 is 0 Å². The fraction of sp³-hybridized carbons (Fsp3) is 0.917. The molecule has 1 amide bonds. The number of nitrogens with one attached hydrogen (secondary N) is 1. The van der Waals surface area contributed by atoms with Gasteiger partial charge in [0.1, 0.15) is 0 Å². The molecule has 0 spiro atoms. The second kappa shape index (κ2) is 4.82. The first-order chi connectivity index (χ1) is 7.98. The summed E-state index contributed by atoms with van der Waals surface area (Å²) in [4.78, 5) is 14.1. The molecule has 0 aromatic carbocycles. The summed E-state index contributed by atoms with van der Waals surface area (Å²) in [5.41, 5.74) is -0.210. The van der Waals surface area contributed by atoms with Crippen molar-refractivity contribution < 1.29 is 14.3 Å². The number of hydrogen-bond acceptors (Lipinski definition) is 4. The minimum atomic E-state index is -0.210. The van der Waals surface area contributed by atoms with Gasteiger partial charge in [0, 0.05) is 18.1 Å². The number of nitrogens with zero attached hydrogens (tertiary/aromatic N) is 1. The van der Waals surface area contributed by atoms with Crippen molar-refractivity contribution in [1.82, 2.24) is 10.2 Å². The molecule has 0 aromatic rings. The van der Waals surface area contributed by atoms with Crippen molar-refractivity contribution in [2.24, 2.45) is 0 Å². The van der Waals surface area contributed by atoms with Crippen LogP contribution in [0.4, 0.5) is 4.79 Å². The number of hydrogen-bond donors (Lipinski definition) is 1. The largest absolute Gasteiger partial charge is 0.441 e. The number of carbonyl (C=O) groups is 1. The second-order valence-corrected chi connectivity index (χ2v) is 5.73. The summed E-state index contributed by atoms with van der Waals surface area (Å²) < 4.78 is 10.4. The molecule has 0 radical (unpaired) electrons. The Morgan fingerprint density at radius 2 is 2.12 bits per heavy atom. The first-order valence-electron chi connectivity index (χ1n) is 6.27. The highest BCUT2D eigenvalue weighted by Crippen LogP contribution is 2.23. The number of amides is 1. The van der Waals surface area contributed by atoms with Gasteiger partial charge < -0.3 is 14.8 Å². The van der Waals surface area contributed by atoms with E-state index >= 15 is 0 Å². The summed E-state index contributed by atoms with van der Waals surface area (Å²) in [5.74, 6) is 0. The monoisotopic (exact) mass is 242 g/mol. The van der Waals surface area contributed by atoms with E-state index in [1.807, 2.05) is 25.7 Å². The minimum Gasteiger partial charge on any atom is -0.441 e. The van der Waals surface area contributed by atoms with Crippen molar-refractivity contribution in [3.8, 4) is 0 Å². The Labute approximate surface area is 102 Å². The Balaban J connectivity index is 2.00. The molecule has 0 saturated carbocycles. The lowest BCUT2D eigenvalue weighted by Crippen LogP contribution is -2.54. The maximum absolute atomic E-state index is 12.2. The van der Waals surface area contributed by atoms with E-state index in [0.29, 0.717) is 13.2 Å². The van der Waals surface area contributed by atoms with Crippen molar-refractivity contribution in [2.75, 3.05) is 26.3 Å². The van der Waals surface area contributed by atoms with Crippen LogP contribution in [0.25, 0.3) is 0 Å². The maximum Gasteiger partial charge on any atom is 0.410 e. The summed E-state index contributed by atoms with van der Waals surface area (Å²) in [6, 6.07) is 0.239. The molecule has 2 rings (SSSR count). The lowest BCUT2D eigenvalue weighted by Gasteiger charge is -2.40. The van der Waals surface area contributed by atoms with Crippen LogP contribution in [0.5, 0.6) is 0 Å². The van der Waals surface area contributed by atoms with Crippen molar-refractivity contribution in [1.29, 1.82) is 0 Å². The van der Waals surface area contributed by atoms with Gasteiger partial charge in [-0.3, -0.25) is 4.90 Å². The van der Waals surface area contributed by atoms with Gasteiger partial charge in [-0.2, -0.15) is 0 Å². The molecule has 2 saturated heterocycles. The molecule has 2 heterocycles. The number of rotatable bonds is 2. The Morgan fingerprint density at radius 1 is 1.41 bits per heavy atom. The molecule has 0 aromatic heterocycles. The van der Waals surface area contributed by atoms with Gasteiger partial charge in [-0.25, -0.2) is 4.79 Å². The highest BCUT2D eigenvalue weighted by Gasteiger charge is 2.37. The molecule has 17 heavy (non-hydrogen) atoms. The SMILES string of the molecule is CC(C)(C)N(C(=O)OC1COC1)[C@@H]1CCNC1. The third-order valence-electron chi connectivity index (χ3n) is 3.19. The number of carbonyl (C=O) groups excluding carboxylic acids is 1. The van der Waals surface area contributed by atoms with Gasteiger partial charge in [-0.15, -0.1) is 0 Å². The quantitative estimate of drug-likeness (QED) is 0.784. The van der Waals surface area contributed by atoms with Gasteiger partial charge in [0.2, 0.25) is 0 Å². The molecule has 5 heteroatoms. The van der Waals surface area contributed by atoms with E-state index in [0.717, 1.165) is 19.5 Å². The highest BCUT2D eigenvalue weighted by molar-refractivity contribution is 5.69. The van der Waals surface area contributed by atoms with Crippen molar-refractivity contribution in [3.63, 3.8) is 0 Å². The van der Waals surface area contributed by atoms with Gasteiger partial charge in [0.05, 0.1) is 13.2 Å². The van der Waals surface area contributed by atoms with Gasteiger partial charge in [-0.05, 0) is 33.7 Å². The molecule has 0 unspecified atom stereocenters. The lowest BCUT2D eigenvalue weighted by molar-refractivity contribution is -0.110. The highest BCUT2D eigenvalue weighted by atomic mass is 16.6. The predicted molar refractivity (Wildman–Crippen MR) is 64.0 cm³/mol. The summed E-state index contributed by atoms with van der Waals surface area (Å²) in [5, 5.41) is 3.29. The van der Waals surface area contributed by atoms with E-state index in [9.17, 15) is 4.79 Å². The summed E-state index contributed by atoms with van der Waals surface area (Å²) in [7, 11) is 0. The molecule has 2 aliphatic heterocycles. The van der Waals surface area contributed by atoms with Crippen LogP contribution in [0.2, 0.25) is 0 Å². The molecule has 1 N–H and O–H groups in total. The van der Waals surface area contributed by atoms with Crippen LogP contribution in [0.1, 0.15) is 27.2 Å². The van der Waals surface area contributed by atoms with Crippen LogP contribution in [-0.4, -0.2) is 55.0 Å². The average Bonchev–Trinajstić information content (AvgIpc) is 2.62. The standard InChI is InChI=1S/C12H22N2O3/c1-12(2,3)14(9-4-5-13-6-9)11(15)17-10-7-16-8-10/h9-10,13H,4-8H2,1-3H3/t9-/m1/s1. The molecule has 2 aliphatic rings. The molecule has 5 nitrogen and oxygen atoms in total. The topological polar surface area (TPSA) is 50.8 Å². The minimum absolute atomic E-state index is 0.0540. The summed E-state index contributed by atoms with van der Waals surface area (Å²) in [6.45, 7) is 9.03. The zero-order valence-corrected chi connectivity index (χ0v) is 10.9. The van der Waals surface area contributed by atoms with Crippen LogP contribution in [0.3, 0.4) is 0 Å². The first kappa shape index (κ1) is 12.6. The van der Waals surface area contributed by atoms with E-state index < -0.39 is 0 Å². The Bertz CT molecular complexity index is 278. The molecular weight excluding hydrogens is 220 g/mol. The lowest BCUT2D eigenvalue weighted by atomic mass is 10.0. The fourth-order valence-corrected chi connectivity index (χ4v) is 2.31. The van der Waals surface area contributed by atoms with Crippen molar-refractivity contribution in [2.45, 2.75) is 44.9 Å². The first-order valence-corrected chi connectivity index (χ1v) is 6.27. The van der Waals surface area contributed by atoms with Gasteiger partial charge >= 0.3 is 6.09 Å². The van der Waals surface area contributed by atoms with Gasteiger partial charge in [0.15, 0.2) is 6.10 Å². The second-order valence-electron chi connectivity index (χ2n) is 5.73. The van der Waals surface area contributed by atoms with Crippen LogP contribution in [-0.2, 0) is 9.47 Å². The zero-order valence-electron chi connectivity index (χ0n) is 10.9. The third kappa shape index (κ3) is 2.90. The molecular formula is C12H22N2O3. The maximum atomic E-state index is 12.2. The third-order valence-corrected chi connectivity index (χ3v) is 3.19. The van der Waals surface area contributed by atoms with Crippen LogP contribution < -0.4 is 5.32 Å². The summed E-state index contributed by atoms with van der Waals surface area (Å²) >= 11 is 0. The zero-order chi connectivity index (χ0) is 12.5. The molecule has 0 aliphatic carbocycles. The van der Waals surface area contributed by atoms with E-state index in [1.165, 1.54) is 0 Å². The molecule has 2 fully saturated rings. The van der Waals surface area contributed by atoms with E-state index in [2.05, 4.69) is 5.32 Å². The van der Waals surface area contributed by atoms with E-state index in [4.69, 9.17) is 9.47 Å². The molecule has 1 atom stereocenters. The Morgan fingerprint density at radius 3 is 2.53 bits per heavy atom. The van der Waals surface area contributed by atoms with Crippen LogP contribution in [0, 0.1) is 0 Å². The van der Waals surface area contributed by atoms with Crippen molar-refractivity contribution in [3.05, 3.63) is 0 Å².